The molecule has 0 aromatic heterocycles. The molecule has 6 atom stereocenters. The highest BCUT2D eigenvalue weighted by atomic mass is 16.5. The number of rotatable bonds is 28. The summed E-state index contributed by atoms with van der Waals surface area (Å²) in [5, 5.41) is 31.5. The van der Waals surface area contributed by atoms with Crippen LogP contribution in [0.1, 0.15) is 181 Å². The predicted octanol–water partition coefficient (Wildman–Crippen LogP) is 8.87. The van der Waals surface area contributed by atoms with Gasteiger partial charge in [-0.2, -0.15) is 0 Å². The molecule has 1 saturated heterocycles. The molecule has 0 unspecified atom stereocenters. The molecule has 1 fully saturated rings. The molecule has 0 spiro atoms. The molecular weight excluding hydrogens is 540 g/mol. The van der Waals surface area contributed by atoms with Gasteiger partial charge < -0.3 is 24.8 Å². The van der Waals surface area contributed by atoms with Gasteiger partial charge in [0.1, 0.15) is 6.10 Å². The van der Waals surface area contributed by atoms with Crippen molar-refractivity contribution < 1.29 is 29.6 Å². The number of cyclic esters (lactones) is 1. The average molecular weight is 609 g/mol. The molecule has 0 bridgehead atoms. The summed E-state index contributed by atoms with van der Waals surface area (Å²) in [6.07, 6.45) is 29.1. The maximum absolute atomic E-state index is 11.6. The monoisotopic (exact) mass is 609 g/mol. The largest absolute Gasteiger partial charge is 0.455 e. The minimum Gasteiger partial charge on any atom is -0.455 e. The smallest absolute Gasteiger partial charge is 0.334 e. The van der Waals surface area contributed by atoms with E-state index < -0.39 is 12.2 Å². The van der Waals surface area contributed by atoms with E-state index in [9.17, 15) is 20.1 Å². The molecule has 6 heteroatoms. The van der Waals surface area contributed by atoms with E-state index in [-0.39, 0.29) is 30.4 Å². The number of ether oxygens (including phenoxy) is 2. The van der Waals surface area contributed by atoms with Crippen LogP contribution in [0, 0.1) is 0 Å². The number of aliphatic hydroxyl groups is 3. The van der Waals surface area contributed by atoms with Gasteiger partial charge in [0, 0.05) is 5.57 Å². The molecular formula is C37H68O6. The second kappa shape index (κ2) is 24.3. The fourth-order valence-electron chi connectivity index (χ4n) is 6.74. The first-order valence-electron chi connectivity index (χ1n) is 18.5. The maximum atomic E-state index is 11.6. The Hall–Kier alpha value is -0.950. The summed E-state index contributed by atoms with van der Waals surface area (Å²) in [6.45, 7) is 4.16. The Morgan fingerprint density at radius 3 is 1.51 bits per heavy atom. The molecule has 6 nitrogen and oxygen atoms in total. The zero-order chi connectivity index (χ0) is 31.1. The van der Waals surface area contributed by atoms with E-state index in [2.05, 4.69) is 6.92 Å². The lowest BCUT2D eigenvalue weighted by Crippen LogP contribution is -2.31. The third-order valence-corrected chi connectivity index (χ3v) is 9.56. The highest BCUT2D eigenvalue weighted by Crippen LogP contribution is 2.28. The fourth-order valence-corrected chi connectivity index (χ4v) is 6.74. The molecule has 0 aromatic carbocycles. The van der Waals surface area contributed by atoms with Crippen molar-refractivity contribution >= 4 is 5.97 Å². The normalized spacial score (nSPS) is 22.5. The molecule has 3 N–H and O–H groups in total. The second-order valence-electron chi connectivity index (χ2n) is 13.6. The van der Waals surface area contributed by atoms with Crippen LogP contribution in [0.4, 0.5) is 0 Å². The Kier molecular flexibility index (Phi) is 21.6. The van der Waals surface area contributed by atoms with Crippen molar-refractivity contribution in [1.82, 2.24) is 0 Å². The lowest BCUT2D eigenvalue weighted by Gasteiger charge is -2.22. The SMILES string of the molecule is CCCCCCCCCCCC[C@H](O)[C@H]1CC[C@H]([C@H](O)CCCCCC[C@@H](O)CCCCCCCC2=C[C@H](C)OC2=O)O1. The molecule has 0 amide bonds. The third-order valence-electron chi connectivity index (χ3n) is 9.56. The van der Waals surface area contributed by atoms with Crippen molar-refractivity contribution in [3.05, 3.63) is 11.6 Å². The Labute approximate surface area is 264 Å². The average Bonchev–Trinajstić information content (AvgIpc) is 3.61. The summed E-state index contributed by atoms with van der Waals surface area (Å²) in [6, 6.07) is 0. The highest BCUT2D eigenvalue weighted by Gasteiger charge is 2.34. The van der Waals surface area contributed by atoms with Crippen LogP contribution in [-0.4, -0.2) is 57.9 Å². The van der Waals surface area contributed by atoms with E-state index >= 15 is 0 Å². The van der Waals surface area contributed by atoms with Crippen LogP contribution in [0.3, 0.4) is 0 Å². The number of unbranched alkanes of at least 4 members (excludes halogenated alkanes) is 16. The zero-order valence-electron chi connectivity index (χ0n) is 28.0. The Morgan fingerprint density at radius 1 is 0.651 bits per heavy atom. The van der Waals surface area contributed by atoms with Crippen molar-refractivity contribution in [2.75, 3.05) is 0 Å². The quantitative estimate of drug-likeness (QED) is 0.0606. The molecule has 43 heavy (non-hydrogen) atoms. The van der Waals surface area contributed by atoms with E-state index in [0.717, 1.165) is 115 Å². The number of carbonyl (C=O) groups is 1. The zero-order valence-corrected chi connectivity index (χ0v) is 28.0. The first-order valence-corrected chi connectivity index (χ1v) is 18.5. The third kappa shape index (κ3) is 18.0. The van der Waals surface area contributed by atoms with Gasteiger partial charge in [0.25, 0.3) is 0 Å². The summed E-state index contributed by atoms with van der Waals surface area (Å²) in [4.78, 5) is 11.6. The maximum Gasteiger partial charge on any atom is 0.334 e. The van der Waals surface area contributed by atoms with Crippen molar-refractivity contribution in [2.45, 2.75) is 217 Å². The number of hydrogen-bond acceptors (Lipinski definition) is 6. The molecule has 2 aliphatic rings. The van der Waals surface area contributed by atoms with E-state index in [0.29, 0.717) is 0 Å². The lowest BCUT2D eigenvalue weighted by molar-refractivity contribution is -0.139. The number of esters is 1. The van der Waals surface area contributed by atoms with Crippen LogP contribution in [0.25, 0.3) is 0 Å². The summed E-state index contributed by atoms with van der Waals surface area (Å²) >= 11 is 0. The highest BCUT2D eigenvalue weighted by molar-refractivity contribution is 5.90. The summed E-state index contributed by atoms with van der Waals surface area (Å²) in [7, 11) is 0. The van der Waals surface area contributed by atoms with E-state index in [1.165, 1.54) is 57.8 Å². The molecule has 252 valence electrons. The number of hydrogen-bond donors (Lipinski definition) is 3. The van der Waals surface area contributed by atoms with Crippen LogP contribution in [0.2, 0.25) is 0 Å². The van der Waals surface area contributed by atoms with Crippen LogP contribution in [0.15, 0.2) is 11.6 Å². The molecule has 2 rings (SSSR count). The molecule has 0 radical (unpaired) electrons. The van der Waals surface area contributed by atoms with Gasteiger partial charge >= 0.3 is 5.97 Å². The van der Waals surface area contributed by atoms with Gasteiger partial charge in [-0.05, 0) is 64.4 Å². The van der Waals surface area contributed by atoms with Gasteiger partial charge in [-0.1, -0.05) is 122 Å². The first kappa shape index (κ1) is 38.2. The standard InChI is InChI=1S/C37H68O6/c1-3-4-5-6-7-8-9-10-14-20-25-33(39)35-27-28-36(43-35)34(40)26-21-16-15-19-24-32(38)23-18-13-11-12-17-22-31-29-30(2)42-37(31)41/h29-30,32-36,38-40H,3-28H2,1-2H3/t30-,32-,33-,34+,35+,36+/m0/s1. The van der Waals surface area contributed by atoms with E-state index in [4.69, 9.17) is 9.47 Å². The first-order chi connectivity index (χ1) is 20.9. The summed E-state index contributed by atoms with van der Waals surface area (Å²) in [5.41, 5.74) is 0.836. The van der Waals surface area contributed by atoms with Gasteiger partial charge in [0.2, 0.25) is 0 Å². The van der Waals surface area contributed by atoms with E-state index in [1.54, 1.807) is 0 Å². The van der Waals surface area contributed by atoms with Gasteiger partial charge in [-0.15, -0.1) is 0 Å². The van der Waals surface area contributed by atoms with Crippen molar-refractivity contribution in [1.29, 1.82) is 0 Å². The second-order valence-corrected chi connectivity index (χ2v) is 13.6. The topological polar surface area (TPSA) is 96.2 Å². The number of aliphatic hydroxyl groups excluding tert-OH is 3. The Morgan fingerprint density at radius 2 is 1.07 bits per heavy atom. The summed E-state index contributed by atoms with van der Waals surface area (Å²) < 4.78 is 11.2. The van der Waals surface area contributed by atoms with Crippen molar-refractivity contribution in [2.24, 2.45) is 0 Å². The molecule has 2 heterocycles. The van der Waals surface area contributed by atoms with Crippen LogP contribution in [0.5, 0.6) is 0 Å². The minimum atomic E-state index is -0.438. The van der Waals surface area contributed by atoms with Crippen LogP contribution in [-0.2, 0) is 14.3 Å². The van der Waals surface area contributed by atoms with Crippen LogP contribution < -0.4 is 0 Å². The van der Waals surface area contributed by atoms with Gasteiger partial charge in [0.05, 0.1) is 30.5 Å². The minimum absolute atomic E-state index is 0.0697. The van der Waals surface area contributed by atoms with Crippen molar-refractivity contribution in [3.8, 4) is 0 Å². The van der Waals surface area contributed by atoms with Gasteiger partial charge in [0.15, 0.2) is 0 Å². The Balaban J connectivity index is 1.36. The molecule has 0 aromatic rings. The molecule has 0 aliphatic carbocycles. The van der Waals surface area contributed by atoms with Crippen molar-refractivity contribution in [3.63, 3.8) is 0 Å². The van der Waals surface area contributed by atoms with Gasteiger partial charge in [-0.3, -0.25) is 0 Å². The number of carbonyl (C=O) groups excluding carboxylic acids is 1. The summed E-state index contributed by atoms with van der Waals surface area (Å²) in [5.74, 6) is -0.145. The van der Waals surface area contributed by atoms with E-state index in [1.807, 2.05) is 13.0 Å². The van der Waals surface area contributed by atoms with Gasteiger partial charge in [-0.25, -0.2) is 4.79 Å². The molecule has 0 saturated carbocycles. The fraction of sp³-hybridized carbons (Fsp3) is 0.919. The lowest BCUT2D eigenvalue weighted by atomic mass is 9.99. The van der Waals surface area contributed by atoms with Crippen LogP contribution >= 0.6 is 0 Å². The molecule has 2 aliphatic heterocycles. The Bertz CT molecular complexity index is 724. The predicted molar refractivity (Wildman–Crippen MR) is 176 cm³/mol.